The highest BCUT2D eigenvalue weighted by Gasteiger charge is 2.35. The van der Waals surface area contributed by atoms with Gasteiger partial charge >= 0.3 is 11.6 Å². The summed E-state index contributed by atoms with van der Waals surface area (Å²) in [6, 6.07) is 7.63. The fourth-order valence-electron chi connectivity index (χ4n) is 3.85. The minimum absolute atomic E-state index is 0.234. The lowest BCUT2D eigenvalue weighted by molar-refractivity contribution is -0.669. The molecule has 0 bridgehead atoms. The SMILES string of the molecule is CCCn1c(=O)c2c([nH]c3[n+]2C[C@@H](C)CN3c2ccc(Cl)cc2)n(C)c1=O. The Morgan fingerprint density at radius 3 is 2.63 bits per heavy atom. The Labute approximate surface area is 161 Å². The Kier molecular flexibility index (Phi) is 4.34. The molecule has 142 valence electrons. The number of halogens is 1. The molecule has 0 amide bonds. The zero-order chi connectivity index (χ0) is 19.3. The van der Waals surface area contributed by atoms with Gasteiger partial charge in [-0.05, 0) is 30.7 Å². The normalized spacial score (nSPS) is 16.7. The first-order chi connectivity index (χ1) is 12.9. The molecule has 0 saturated carbocycles. The van der Waals surface area contributed by atoms with E-state index in [1.54, 1.807) is 7.05 Å². The first-order valence-electron chi connectivity index (χ1n) is 9.20. The van der Waals surface area contributed by atoms with Crippen molar-refractivity contribution in [2.45, 2.75) is 33.4 Å². The topological polar surface area (TPSA) is 66.9 Å². The van der Waals surface area contributed by atoms with Crippen LogP contribution < -0.4 is 20.7 Å². The predicted octanol–water partition coefficient (Wildman–Crippen LogP) is 2.17. The van der Waals surface area contributed by atoms with Crippen molar-refractivity contribution in [1.29, 1.82) is 0 Å². The van der Waals surface area contributed by atoms with E-state index in [0.717, 1.165) is 31.1 Å². The number of hydrogen-bond acceptors (Lipinski definition) is 3. The number of aromatic nitrogens is 4. The van der Waals surface area contributed by atoms with E-state index in [-0.39, 0.29) is 11.2 Å². The third-order valence-electron chi connectivity index (χ3n) is 5.11. The maximum absolute atomic E-state index is 13.1. The second-order valence-electron chi connectivity index (χ2n) is 7.25. The number of H-pyrrole nitrogens is 1. The van der Waals surface area contributed by atoms with Crippen molar-refractivity contribution >= 4 is 34.4 Å². The molecule has 0 radical (unpaired) electrons. The Bertz CT molecular complexity index is 1130. The third-order valence-corrected chi connectivity index (χ3v) is 5.36. The summed E-state index contributed by atoms with van der Waals surface area (Å²) >= 11 is 6.04. The number of aromatic amines is 1. The Balaban J connectivity index is 2.00. The number of imidazole rings is 1. The van der Waals surface area contributed by atoms with Gasteiger partial charge in [-0.3, -0.25) is 13.9 Å². The maximum Gasteiger partial charge on any atom is 0.364 e. The predicted molar refractivity (Wildman–Crippen MR) is 106 cm³/mol. The second kappa shape index (κ2) is 6.56. The van der Waals surface area contributed by atoms with Crippen LogP contribution in [-0.2, 0) is 20.1 Å². The van der Waals surface area contributed by atoms with Gasteiger partial charge in [0.2, 0.25) is 11.2 Å². The van der Waals surface area contributed by atoms with Crippen molar-refractivity contribution in [3.63, 3.8) is 0 Å². The average Bonchev–Trinajstić information content (AvgIpc) is 3.03. The summed E-state index contributed by atoms with van der Waals surface area (Å²) in [5.41, 5.74) is 1.57. The van der Waals surface area contributed by atoms with Gasteiger partial charge in [0.05, 0.1) is 13.1 Å². The van der Waals surface area contributed by atoms with Gasteiger partial charge in [-0.25, -0.2) is 19.2 Å². The molecular weight excluding hydrogens is 366 g/mol. The molecule has 7 nitrogen and oxygen atoms in total. The lowest BCUT2D eigenvalue weighted by Crippen LogP contribution is -2.52. The molecule has 0 aliphatic carbocycles. The highest BCUT2D eigenvalue weighted by molar-refractivity contribution is 6.30. The van der Waals surface area contributed by atoms with Crippen LogP contribution in [0.3, 0.4) is 0 Å². The van der Waals surface area contributed by atoms with Gasteiger partial charge in [0, 0.05) is 24.5 Å². The van der Waals surface area contributed by atoms with Crippen LogP contribution in [0.5, 0.6) is 0 Å². The molecule has 0 spiro atoms. The molecule has 1 aliphatic heterocycles. The van der Waals surface area contributed by atoms with Crippen molar-refractivity contribution < 1.29 is 4.57 Å². The summed E-state index contributed by atoms with van der Waals surface area (Å²) in [6.45, 7) is 6.06. The van der Waals surface area contributed by atoms with Crippen LogP contribution in [0.2, 0.25) is 5.02 Å². The molecule has 4 rings (SSSR count). The van der Waals surface area contributed by atoms with Gasteiger partial charge in [-0.1, -0.05) is 25.4 Å². The molecule has 8 heteroatoms. The number of fused-ring (bicyclic) bond motifs is 3. The molecule has 0 fully saturated rings. The number of nitrogens with zero attached hydrogens (tertiary/aromatic N) is 4. The van der Waals surface area contributed by atoms with E-state index in [1.807, 2.05) is 35.8 Å². The molecule has 2 aromatic heterocycles. The maximum atomic E-state index is 13.1. The second-order valence-corrected chi connectivity index (χ2v) is 7.68. The fourth-order valence-corrected chi connectivity index (χ4v) is 3.97. The summed E-state index contributed by atoms with van der Waals surface area (Å²) in [5, 5.41) is 0.679. The monoisotopic (exact) mass is 388 g/mol. The number of nitrogens with one attached hydrogen (secondary N) is 1. The third kappa shape index (κ3) is 2.77. The fraction of sp³-hybridized carbons (Fsp3) is 0.421. The highest BCUT2D eigenvalue weighted by atomic mass is 35.5. The summed E-state index contributed by atoms with van der Waals surface area (Å²) < 4.78 is 4.86. The first kappa shape index (κ1) is 17.9. The molecule has 1 aromatic carbocycles. The van der Waals surface area contributed by atoms with Gasteiger partial charge in [-0.15, -0.1) is 0 Å². The van der Waals surface area contributed by atoms with Crippen LogP contribution in [0.4, 0.5) is 11.6 Å². The van der Waals surface area contributed by atoms with E-state index < -0.39 is 0 Å². The highest BCUT2D eigenvalue weighted by Crippen LogP contribution is 2.28. The molecule has 1 atom stereocenters. The number of benzene rings is 1. The Morgan fingerprint density at radius 1 is 1.26 bits per heavy atom. The van der Waals surface area contributed by atoms with Crippen LogP contribution in [0.15, 0.2) is 33.9 Å². The molecule has 3 heterocycles. The summed E-state index contributed by atoms with van der Waals surface area (Å²) in [7, 11) is 1.70. The minimum Gasteiger partial charge on any atom is -0.267 e. The quantitative estimate of drug-likeness (QED) is 0.699. The molecule has 0 saturated heterocycles. The average molecular weight is 389 g/mol. The number of anilines is 2. The van der Waals surface area contributed by atoms with Gasteiger partial charge in [0.1, 0.15) is 5.69 Å². The van der Waals surface area contributed by atoms with Crippen molar-refractivity contribution in [2.24, 2.45) is 13.0 Å². The van der Waals surface area contributed by atoms with Gasteiger partial charge in [0.25, 0.3) is 5.56 Å². The smallest absolute Gasteiger partial charge is 0.267 e. The van der Waals surface area contributed by atoms with E-state index >= 15 is 0 Å². The van der Waals surface area contributed by atoms with Crippen molar-refractivity contribution in [3.8, 4) is 0 Å². The van der Waals surface area contributed by atoms with Crippen molar-refractivity contribution in [1.82, 2.24) is 14.1 Å². The standard InChI is InChI=1S/C19H22ClN5O2/c1-4-9-23-17(26)15-16(22(3)19(23)27)21-18-24(10-12(2)11-25(15)18)14-7-5-13(20)6-8-14/h5-8,12H,4,9-11H2,1-3H3/p+1/t12-/m0/s1. The summed E-state index contributed by atoms with van der Waals surface area (Å²) in [4.78, 5) is 31.2. The molecule has 1 N–H and O–H groups in total. The van der Waals surface area contributed by atoms with Crippen LogP contribution in [0, 0.1) is 5.92 Å². The van der Waals surface area contributed by atoms with Gasteiger partial charge in [-0.2, -0.15) is 0 Å². The minimum atomic E-state index is -0.292. The Morgan fingerprint density at radius 2 is 1.96 bits per heavy atom. The number of hydrogen-bond donors (Lipinski definition) is 1. The Hall–Kier alpha value is -2.54. The number of aryl methyl sites for hydroxylation is 1. The first-order valence-corrected chi connectivity index (χ1v) is 9.58. The zero-order valence-corrected chi connectivity index (χ0v) is 16.5. The van der Waals surface area contributed by atoms with E-state index in [0.29, 0.717) is 28.6 Å². The molecule has 3 aromatic rings. The van der Waals surface area contributed by atoms with Crippen molar-refractivity contribution in [3.05, 3.63) is 50.1 Å². The van der Waals surface area contributed by atoms with Crippen LogP contribution >= 0.6 is 11.6 Å². The van der Waals surface area contributed by atoms with Crippen molar-refractivity contribution in [2.75, 3.05) is 11.4 Å². The lowest BCUT2D eigenvalue weighted by Gasteiger charge is -2.26. The van der Waals surface area contributed by atoms with Crippen LogP contribution in [-0.4, -0.2) is 20.7 Å². The summed E-state index contributed by atoms with van der Waals surface area (Å²) in [6.07, 6.45) is 0.727. The van der Waals surface area contributed by atoms with E-state index in [1.165, 1.54) is 9.13 Å². The molecule has 1 aliphatic rings. The summed E-state index contributed by atoms with van der Waals surface area (Å²) in [5.74, 6) is 1.15. The molecule has 0 unspecified atom stereocenters. The number of rotatable bonds is 3. The molecule has 27 heavy (non-hydrogen) atoms. The van der Waals surface area contributed by atoms with E-state index in [2.05, 4.69) is 16.8 Å². The van der Waals surface area contributed by atoms with E-state index in [4.69, 9.17) is 11.6 Å². The van der Waals surface area contributed by atoms with Crippen LogP contribution in [0.25, 0.3) is 11.2 Å². The van der Waals surface area contributed by atoms with Gasteiger partial charge in [0.15, 0.2) is 0 Å². The zero-order valence-electron chi connectivity index (χ0n) is 15.7. The van der Waals surface area contributed by atoms with E-state index in [9.17, 15) is 9.59 Å². The van der Waals surface area contributed by atoms with Crippen LogP contribution in [0.1, 0.15) is 20.3 Å². The lowest BCUT2D eigenvalue weighted by atomic mass is 10.1. The largest absolute Gasteiger partial charge is 0.364 e. The molecular formula is C19H23ClN5O2+. The van der Waals surface area contributed by atoms with Gasteiger partial charge < -0.3 is 0 Å².